The number of rotatable bonds is 3. The lowest BCUT2D eigenvalue weighted by Crippen LogP contribution is -2.55. The lowest BCUT2D eigenvalue weighted by Gasteiger charge is -2.51. The van der Waals surface area contributed by atoms with Crippen molar-refractivity contribution in [3.05, 3.63) is 100 Å². The Labute approximate surface area is 204 Å². The van der Waals surface area contributed by atoms with E-state index in [4.69, 9.17) is 16.3 Å². The summed E-state index contributed by atoms with van der Waals surface area (Å²) in [4.78, 5) is 19.1. The molecular weight excluding hydrogens is 444 g/mol. The number of aromatic amines is 1. The molecular formula is C29H27ClN2O2. The Kier molecular flexibility index (Phi) is 5.14. The van der Waals surface area contributed by atoms with Crippen molar-refractivity contribution in [2.45, 2.75) is 24.7 Å². The predicted octanol–water partition coefficient (Wildman–Crippen LogP) is 6.03. The first kappa shape index (κ1) is 21.3. The minimum atomic E-state index is -0.0671. The van der Waals surface area contributed by atoms with Crippen LogP contribution in [0.3, 0.4) is 0 Å². The van der Waals surface area contributed by atoms with Gasteiger partial charge in [0.25, 0.3) is 5.91 Å². The van der Waals surface area contributed by atoms with E-state index in [1.807, 2.05) is 53.4 Å². The first-order valence-electron chi connectivity index (χ1n) is 11.9. The molecule has 1 fully saturated rings. The molecule has 1 unspecified atom stereocenters. The number of fused-ring (bicyclic) bond motifs is 4. The molecule has 2 atom stereocenters. The number of halogens is 1. The van der Waals surface area contributed by atoms with Crippen molar-refractivity contribution in [1.82, 2.24) is 9.88 Å². The van der Waals surface area contributed by atoms with E-state index in [0.717, 1.165) is 54.2 Å². The van der Waals surface area contributed by atoms with Crippen molar-refractivity contribution in [2.24, 2.45) is 5.92 Å². The van der Waals surface area contributed by atoms with E-state index in [9.17, 15) is 4.79 Å². The van der Waals surface area contributed by atoms with Crippen LogP contribution in [0.2, 0.25) is 5.02 Å². The van der Waals surface area contributed by atoms with Crippen LogP contribution in [0.25, 0.3) is 10.9 Å². The van der Waals surface area contributed by atoms with Crippen molar-refractivity contribution in [1.29, 1.82) is 0 Å². The zero-order chi connectivity index (χ0) is 23.3. The number of para-hydroxylation sites is 1. The molecule has 1 aliphatic heterocycles. The Balaban J connectivity index is 1.44. The number of likely N-dealkylation sites (tertiary alicyclic amines) is 1. The molecule has 5 heteroatoms. The SMILES string of the molecule is COc1cccc([C@]23CCN(C(=O)c4ccccc4)CC2Cc2c([nH]c4c(Cl)cccc24)C3)c1. The molecule has 0 spiro atoms. The maximum atomic E-state index is 13.4. The Morgan fingerprint density at radius 2 is 1.91 bits per heavy atom. The van der Waals surface area contributed by atoms with Crippen molar-refractivity contribution < 1.29 is 9.53 Å². The molecule has 2 aliphatic rings. The Morgan fingerprint density at radius 1 is 1.09 bits per heavy atom. The van der Waals surface area contributed by atoms with E-state index in [2.05, 4.69) is 29.2 Å². The number of amides is 1. The molecule has 1 amide bonds. The number of ether oxygens (including phenoxy) is 1. The second-order valence-electron chi connectivity index (χ2n) is 9.58. The number of aromatic nitrogens is 1. The number of H-pyrrole nitrogens is 1. The highest BCUT2D eigenvalue weighted by Gasteiger charge is 2.49. The van der Waals surface area contributed by atoms with Gasteiger partial charge in [0.2, 0.25) is 0 Å². The summed E-state index contributed by atoms with van der Waals surface area (Å²) in [7, 11) is 1.72. The normalized spacial score (nSPS) is 21.7. The highest BCUT2D eigenvalue weighted by atomic mass is 35.5. The van der Waals surface area contributed by atoms with Gasteiger partial charge in [0.05, 0.1) is 17.6 Å². The fourth-order valence-electron chi connectivity index (χ4n) is 6.16. The average Bonchev–Trinajstić information content (AvgIpc) is 3.25. The van der Waals surface area contributed by atoms with Crippen LogP contribution in [0.5, 0.6) is 5.75 Å². The topological polar surface area (TPSA) is 45.3 Å². The van der Waals surface area contributed by atoms with Gasteiger partial charge in [0.1, 0.15) is 5.75 Å². The van der Waals surface area contributed by atoms with E-state index in [1.165, 1.54) is 22.2 Å². The predicted molar refractivity (Wildman–Crippen MR) is 136 cm³/mol. The minimum absolute atomic E-state index is 0.0671. The Morgan fingerprint density at radius 3 is 2.74 bits per heavy atom. The van der Waals surface area contributed by atoms with E-state index in [-0.39, 0.29) is 11.3 Å². The smallest absolute Gasteiger partial charge is 0.253 e. The van der Waals surface area contributed by atoms with E-state index in [1.54, 1.807) is 7.11 Å². The maximum absolute atomic E-state index is 13.4. The minimum Gasteiger partial charge on any atom is -0.497 e. The van der Waals surface area contributed by atoms with Crippen molar-refractivity contribution >= 4 is 28.4 Å². The maximum Gasteiger partial charge on any atom is 0.253 e. The molecule has 172 valence electrons. The van der Waals surface area contributed by atoms with Crippen LogP contribution in [-0.4, -0.2) is 36.0 Å². The summed E-state index contributed by atoms with van der Waals surface area (Å²) < 4.78 is 5.58. The van der Waals surface area contributed by atoms with Crippen LogP contribution < -0.4 is 4.74 Å². The van der Waals surface area contributed by atoms with E-state index < -0.39 is 0 Å². The van der Waals surface area contributed by atoms with Gasteiger partial charge in [-0.1, -0.05) is 54.1 Å². The van der Waals surface area contributed by atoms with Gasteiger partial charge in [0.15, 0.2) is 0 Å². The van der Waals surface area contributed by atoms with E-state index >= 15 is 0 Å². The molecule has 0 saturated carbocycles. The number of methoxy groups -OCH3 is 1. The van der Waals surface area contributed by atoms with Crippen LogP contribution in [0.15, 0.2) is 72.8 Å². The second-order valence-corrected chi connectivity index (χ2v) is 9.98. The summed E-state index contributed by atoms with van der Waals surface area (Å²) in [5, 5.41) is 1.96. The zero-order valence-electron chi connectivity index (χ0n) is 19.2. The van der Waals surface area contributed by atoms with Crippen molar-refractivity contribution in [3.8, 4) is 5.75 Å². The quantitative estimate of drug-likeness (QED) is 0.397. The van der Waals surface area contributed by atoms with Crippen molar-refractivity contribution in [3.63, 3.8) is 0 Å². The van der Waals surface area contributed by atoms with Gasteiger partial charge in [-0.3, -0.25) is 4.79 Å². The van der Waals surface area contributed by atoms with Gasteiger partial charge in [0, 0.05) is 35.1 Å². The van der Waals surface area contributed by atoms with Crippen molar-refractivity contribution in [2.75, 3.05) is 20.2 Å². The number of hydrogen-bond acceptors (Lipinski definition) is 2. The molecule has 3 aromatic carbocycles. The number of carbonyl (C=O) groups is 1. The molecule has 0 bridgehead atoms. The first-order chi connectivity index (χ1) is 16.6. The number of hydrogen-bond donors (Lipinski definition) is 1. The summed E-state index contributed by atoms with van der Waals surface area (Å²) in [6, 6.07) is 24.2. The lowest BCUT2D eigenvalue weighted by atomic mass is 9.58. The third-order valence-corrected chi connectivity index (χ3v) is 8.24. The number of benzene rings is 3. The third-order valence-electron chi connectivity index (χ3n) is 7.92. The van der Waals surface area contributed by atoms with E-state index in [0.29, 0.717) is 5.92 Å². The van der Waals surface area contributed by atoms with Gasteiger partial charge < -0.3 is 14.6 Å². The summed E-state index contributed by atoms with van der Waals surface area (Å²) >= 11 is 6.55. The largest absolute Gasteiger partial charge is 0.497 e. The molecule has 34 heavy (non-hydrogen) atoms. The summed E-state index contributed by atoms with van der Waals surface area (Å²) in [5.41, 5.74) is 5.61. The Bertz CT molecular complexity index is 1380. The van der Waals surface area contributed by atoms with Gasteiger partial charge >= 0.3 is 0 Å². The standard InChI is InChI=1S/C29H27ClN2O2/c1-34-22-10-5-9-20(15-22)29-13-14-32(28(33)19-7-3-2-4-8-19)18-21(29)16-24-23-11-6-12-25(30)27(23)31-26(24)17-29/h2-12,15,21,31H,13-14,16-18H2,1H3/t21?,29-/m1/s1. The molecule has 2 heterocycles. The molecule has 4 nitrogen and oxygen atoms in total. The van der Waals surface area contributed by atoms with Gasteiger partial charge in [-0.05, 0) is 66.6 Å². The second kappa shape index (κ2) is 8.21. The fourth-order valence-corrected chi connectivity index (χ4v) is 6.39. The van der Waals surface area contributed by atoms with Crippen LogP contribution in [0, 0.1) is 5.92 Å². The summed E-state index contributed by atoms with van der Waals surface area (Å²) in [6.45, 7) is 1.47. The number of nitrogens with zero attached hydrogens (tertiary/aromatic N) is 1. The van der Waals surface area contributed by atoms with Crippen LogP contribution in [-0.2, 0) is 18.3 Å². The molecule has 6 rings (SSSR count). The summed E-state index contributed by atoms with van der Waals surface area (Å²) in [6.07, 6.45) is 2.72. The third kappa shape index (κ3) is 3.32. The highest BCUT2D eigenvalue weighted by molar-refractivity contribution is 6.35. The molecule has 1 saturated heterocycles. The molecule has 1 aromatic heterocycles. The highest BCUT2D eigenvalue weighted by Crippen LogP contribution is 2.50. The van der Waals surface area contributed by atoms with Gasteiger partial charge in [-0.15, -0.1) is 0 Å². The lowest BCUT2D eigenvalue weighted by molar-refractivity contribution is 0.0501. The molecule has 4 aromatic rings. The zero-order valence-corrected chi connectivity index (χ0v) is 19.9. The number of nitrogens with one attached hydrogen (secondary N) is 1. The monoisotopic (exact) mass is 470 g/mol. The molecule has 0 radical (unpaired) electrons. The fraction of sp³-hybridized carbons (Fsp3) is 0.276. The number of carbonyl (C=O) groups excluding carboxylic acids is 1. The van der Waals surface area contributed by atoms with Gasteiger partial charge in [-0.2, -0.15) is 0 Å². The summed E-state index contributed by atoms with van der Waals surface area (Å²) in [5.74, 6) is 1.29. The average molecular weight is 471 g/mol. The Hall–Kier alpha value is -3.24. The van der Waals surface area contributed by atoms with Crippen LogP contribution in [0.1, 0.15) is 33.6 Å². The number of piperidine rings is 1. The molecule has 1 aliphatic carbocycles. The molecule has 1 N–H and O–H groups in total. The first-order valence-corrected chi connectivity index (χ1v) is 12.2. The van der Waals surface area contributed by atoms with Gasteiger partial charge in [-0.25, -0.2) is 0 Å². The van der Waals surface area contributed by atoms with Crippen LogP contribution >= 0.6 is 11.6 Å². The van der Waals surface area contributed by atoms with Crippen LogP contribution in [0.4, 0.5) is 0 Å².